The molecule has 2 aromatic rings. The minimum absolute atomic E-state index is 0.0797. The number of thiophene rings is 1. The van der Waals surface area contributed by atoms with E-state index in [-0.39, 0.29) is 5.92 Å². The lowest BCUT2D eigenvalue weighted by molar-refractivity contribution is -0.139. The molecule has 0 aliphatic carbocycles. The first kappa shape index (κ1) is 12.4. The molecule has 1 atom stereocenters. The van der Waals surface area contributed by atoms with Gasteiger partial charge in [-0.05, 0) is 29.5 Å². The number of fused-ring (bicyclic) bond motifs is 1. The summed E-state index contributed by atoms with van der Waals surface area (Å²) in [5.41, 5.74) is 0. The van der Waals surface area contributed by atoms with Crippen LogP contribution in [0.3, 0.4) is 0 Å². The molecule has 90 valence electrons. The molecule has 0 saturated heterocycles. The summed E-state index contributed by atoms with van der Waals surface area (Å²) in [7, 11) is 0. The van der Waals surface area contributed by atoms with Crippen molar-refractivity contribution < 1.29 is 9.90 Å². The van der Waals surface area contributed by atoms with E-state index in [1.807, 2.05) is 38.1 Å². The Morgan fingerprint density at radius 2 is 2.06 bits per heavy atom. The van der Waals surface area contributed by atoms with Crippen LogP contribution in [0.5, 0.6) is 0 Å². The fourth-order valence-electron chi connectivity index (χ4n) is 1.91. The number of halogens is 1. The van der Waals surface area contributed by atoms with Gasteiger partial charge in [0.25, 0.3) is 0 Å². The summed E-state index contributed by atoms with van der Waals surface area (Å²) in [4.78, 5) is 12.2. The number of carbonyl (C=O) groups is 1. The first-order valence-electron chi connectivity index (χ1n) is 5.41. The standard InChI is InChI=1S/C13H13ClO2S/c1-7(2)12(13(15)16)11-5-8-3-4-9(14)6-10(8)17-11/h3-7,12H,1-2H3,(H,15,16). The fraction of sp³-hybridized carbons (Fsp3) is 0.308. The molecule has 0 spiro atoms. The van der Waals surface area contributed by atoms with E-state index >= 15 is 0 Å². The predicted octanol–water partition coefficient (Wildman–Crippen LogP) is 4.38. The average molecular weight is 269 g/mol. The van der Waals surface area contributed by atoms with E-state index in [4.69, 9.17) is 11.6 Å². The van der Waals surface area contributed by atoms with Gasteiger partial charge in [-0.15, -0.1) is 11.3 Å². The topological polar surface area (TPSA) is 37.3 Å². The quantitative estimate of drug-likeness (QED) is 0.897. The number of rotatable bonds is 3. The van der Waals surface area contributed by atoms with Crippen molar-refractivity contribution in [2.45, 2.75) is 19.8 Å². The molecule has 1 unspecified atom stereocenters. The molecule has 0 saturated carbocycles. The van der Waals surface area contributed by atoms with E-state index in [0.29, 0.717) is 5.02 Å². The maximum Gasteiger partial charge on any atom is 0.312 e. The Kier molecular flexibility index (Phi) is 3.40. The Morgan fingerprint density at radius 3 is 2.65 bits per heavy atom. The first-order valence-corrected chi connectivity index (χ1v) is 6.60. The average Bonchev–Trinajstić information content (AvgIpc) is 2.58. The second-order valence-corrected chi connectivity index (χ2v) is 5.94. The van der Waals surface area contributed by atoms with E-state index in [2.05, 4.69) is 0 Å². The van der Waals surface area contributed by atoms with Gasteiger partial charge >= 0.3 is 5.97 Å². The molecule has 0 aliphatic heterocycles. The third kappa shape index (κ3) is 2.45. The van der Waals surface area contributed by atoms with Crippen molar-refractivity contribution >= 4 is 39.0 Å². The molecule has 0 radical (unpaired) electrons. The molecule has 0 bridgehead atoms. The van der Waals surface area contributed by atoms with Gasteiger partial charge in [-0.1, -0.05) is 31.5 Å². The lowest BCUT2D eigenvalue weighted by Gasteiger charge is -2.13. The van der Waals surface area contributed by atoms with Gasteiger partial charge in [-0.3, -0.25) is 4.79 Å². The smallest absolute Gasteiger partial charge is 0.312 e. The summed E-state index contributed by atoms with van der Waals surface area (Å²) < 4.78 is 1.04. The highest BCUT2D eigenvalue weighted by Gasteiger charge is 2.25. The van der Waals surface area contributed by atoms with E-state index in [0.717, 1.165) is 15.0 Å². The van der Waals surface area contributed by atoms with Crippen LogP contribution in [-0.2, 0) is 4.79 Å². The molecule has 0 fully saturated rings. The third-order valence-electron chi connectivity index (χ3n) is 2.74. The van der Waals surface area contributed by atoms with Crippen LogP contribution in [0, 0.1) is 5.92 Å². The second kappa shape index (κ2) is 4.67. The Hall–Kier alpha value is -1.06. The fourth-order valence-corrected chi connectivity index (χ4v) is 3.52. The van der Waals surface area contributed by atoms with E-state index in [9.17, 15) is 9.90 Å². The SMILES string of the molecule is CC(C)C(C(=O)O)c1cc2ccc(Cl)cc2s1. The van der Waals surface area contributed by atoms with Crippen molar-refractivity contribution in [3.63, 3.8) is 0 Å². The number of carboxylic acids is 1. The lowest BCUT2D eigenvalue weighted by Crippen LogP contribution is -2.16. The highest BCUT2D eigenvalue weighted by atomic mass is 35.5. The number of benzene rings is 1. The summed E-state index contributed by atoms with van der Waals surface area (Å²) in [5, 5.41) is 11.0. The summed E-state index contributed by atoms with van der Waals surface area (Å²) in [6.07, 6.45) is 0. The molecule has 0 amide bonds. The van der Waals surface area contributed by atoms with Crippen LogP contribution in [0.25, 0.3) is 10.1 Å². The largest absolute Gasteiger partial charge is 0.481 e. The second-order valence-electron chi connectivity index (χ2n) is 4.39. The van der Waals surface area contributed by atoms with Gasteiger partial charge in [0.05, 0.1) is 5.92 Å². The minimum atomic E-state index is -0.766. The Bertz CT molecular complexity index is 560. The Balaban J connectivity index is 2.51. The van der Waals surface area contributed by atoms with E-state index in [1.54, 1.807) is 0 Å². The zero-order chi connectivity index (χ0) is 12.6. The van der Waals surface area contributed by atoms with E-state index in [1.165, 1.54) is 11.3 Å². The van der Waals surface area contributed by atoms with Crippen molar-refractivity contribution in [1.29, 1.82) is 0 Å². The first-order chi connectivity index (χ1) is 7.99. The normalized spacial score (nSPS) is 13.2. The van der Waals surface area contributed by atoms with Gasteiger partial charge < -0.3 is 5.11 Å². The van der Waals surface area contributed by atoms with Gasteiger partial charge in [0.2, 0.25) is 0 Å². The van der Waals surface area contributed by atoms with Gasteiger partial charge in [-0.2, -0.15) is 0 Å². The molecule has 4 heteroatoms. The molecule has 1 heterocycles. The van der Waals surface area contributed by atoms with E-state index < -0.39 is 11.9 Å². The van der Waals surface area contributed by atoms with Crippen molar-refractivity contribution in [3.8, 4) is 0 Å². The van der Waals surface area contributed by atoms with Crippen molar-refractivity contribution in [3.05, 3.63) is 34.2 Å². The van der Waals surface area contributed by atoms with Crippen molar-refractivity contribution in [2.24, 2.45) is 5.92 Å². The maximum atomic E-state index is 11.3. The zero-order valence-corrected chi connectivity index (χ0v) is 11.2. The summed E-state index contributed by atoms with van der Waals surface area (Å²) in [6, 6.07) is 7.59. The lowest BCUT2D eigenvalue weighted by atomic mass is 9.94. The van der Waals surface area contributed by atoms with Gasteiger partial charge in [0.1, 0.15) is 0 Å². The molecular formula is C13H13ClO2S. The predicted molar refractivity (Wildman–Crippen MR) is 72.0 cm³/mol. The van der Waals surface area contributed by atoms with Crippen molar-refractivity contribution in [1.82, 2.24) is 0 Å². The number of aliphatic carboxylic acids is 1. The molecule has 1 N–H and O–H groups in total. The van der Waals surface area contributed by atoms with Crippen LogP contribution in [0.1, 0.15) is 24.6 Å². The number of hydrogen-bond donors (Lipinski definition) is 1. The number of carboxylic acid groups (broad SMARTS) is 1. The van der Waals surface area contributed by atoms with Crippen LogP contribution in [0.15, 0.2) is 24.3 Å². The van der Waals surface area contributed by atoms with Gasteiger partial charge in [-0.25, -0.2) is 0 Å². The maximum absolute atomic E-state index is 11.3. The number of hydrogen-bond acceptors (Lipinski definition) is 2. The van der Waals surface area contributed by atoms with Crippen LogP contribution < -0.4 is 0 Å². The van der Waals surface area contributed by atoms with Gasteiger partial charge in [0.15, 0.2) is 0 Å². The monoisotopic (exact) mass is 268 g/mol. The zero-order valence-electron chi connectivity index (χ0n) is 9.61. The van der Waals surface area contributed by atoms with Crippen LogP contribution in [0.2, 0.25) is 5.02 Å². The minimum Gasteiger partial charge on any atom is -0.481 e. The Labute approximate surface area is 109 Å². The molecular weight excluding hydrogens is 256 g/mol. The Morgan fingerprint density at radius 1 is 1.35 bits per heavy atom. The summed E-state index contributed by atoms with van der Waals surface area (Å²) >= 11 is 7.43. The molecule has 1 aromatic carbocycles. The van der Waals surface area contributed by atoms with Crippen LogP contribution >= 0.6 is 22.9 Å². The van der Waals surface area contributed by atoms with Crippen LogP contribution in [-0.4, -0.2) is 11.1 Å². The molecule has 2 nitrogen and oxygen atoms in total. The third-order valence-corrected chi connectivity index (χ3v) is 4.16. The summed E-state index contributed by atoms with van der Waals surface area (Å²) in [6.45, 7) is 3.85. The highest BCUT2D eigenvalue weighted by Crippen LogP contribution is 2.35. The molecule has 1 aromatic heterocycles. The molecule has 17 heavy (non-hydrogen) atoms. The molecule has 2 rings (SSSR count). The van der Waals surface area contributed by atoms with Crippen LogP contribution in [0.4, 0.5) is 0 Å². The summed E-state index contributed by atoms with van der Waals surface area (Å²) in [5.74, 6) is -1.13. The van der Waals surface area contributed by atoms with Gasteiger partial charge in [0, 0.05) is 14.6 Å². The molecule has 0 aliphatic rings. The van der Waals surface area contributed by atoms with Crippen molar-refractivity contribution in [2.75, 3.05) is 0 Å². The highest BCUT2D eigenvalue weighted by molar-refractivity contribution is 7.19.